The average Bonchev–Trinajstić information content (AvgIpc) is 2.84. The third kappa shape index (κ3) is 3.19. The summed E-state index contributed by atoms with van der Waals surface area (Å²) in [4.78, 5) is 18.2. The molecule has 1 aliphatic rings. The summed E-state index contributed by atoms with van der Waals surface area (Å²) >= 11 is 3.33. The summed E-state index contributed by atoms with van der Waals surface area (Å²) in [6.45, 7) is 3.65. The fourth-order valence-electron chi connectivity index (χ4n) is 1.96. The van der Waals surface area contributed by atoms with Crippen LogP contribution in [0.4, 0.5) is 5.82 Å². The summed E-state index contributed by atoms with van der Waals surface area (Å²) in [6, 6.07) is 3.54. The van der Waals surface area contributed by atoms with Gasteiger partial charge < -0.3 is 10.2 Å². The van der Waals surface area contributed by atoms with Crippen molar-refractivity contribution >= 4 is 27.7 Å². The molecule has 4 nitrogen and oxygen atoms in total. The molecule has 2 heterocycles. The smallest absolute Gasteiger partial charge is 0.244 e. The van der Waals surface area contributed by atoms with Crippen LogP contribution in [-0.2, 0) is 4.79 Å². The van der Waals surface area contributed by atoms with Crippen molar-refractivity contribution in [2.24, 2.45) is 0 Å². The molecule has 1 unspecified atom stereocenters. The molecule has 0 spiro atoms. The van der Waals surface area contributed by atoms with Gasteiger partial charge in [0.1, 0.15) is 11.9 Å². The second-order valence-electron chi connectivity index (χ2n) is 4.26. The highest BCUT2D eigenvalue weighted by atomic mass is 79.9. The predicted octanol–water partition coefficient (Wildman–Crippen LogP) is 2.27. The highest BCUT2D eigenvalue weighted by Gasteiger charge is 2.23. The van der Waals surface area contributed by atoms with E-state index in [1.54, 1.807) is 6.20 Å². The number of hydrogen-bond acceptors (Lipinski definition) is 3. The lowest BCUT2D eigenvalue weighted by molar-refractivity contribution is -0.130. The van der Waals surface area contributed by atoms with Gasteiger partial charge in [0.2, 0.25) is 5.91 Å². The molecule has 17 heavy (non-hydrogen) atoms. The van der Waals surface area contributed by atoms with E-state index in [9.17, 15) is 4.79 Å². The molecule has 1 N–H and O–H groups in total. The first kappa shape index (κ1) is 12.4. The number of aromatic nitrogens is 1. The third-order valence-corrected chi connectivity index (χ3v) is 3.35. The fourth-order valence-corrected chi connectivity index (χ4v) is 2.19. The van der Waals surface area contributed by atoms with Gasteiger partial charge in [-0.25, -0.2) is 4.98 Å². The van der Waals surface area contributed by atoms with Crippen LogP contribution < -0.4 is 5.32 Å². The van der Waals surface area contributed by atoms with Gasteiger partial charge >= 0.3 is 0 Å². The molecule has 1 saturated heterocycles. The minimum Gasteiger partial charge on any atom is -0.359 e. The van der Waals surface area contributed by atoms with Crippen LogP contribution in [0.15, 0.2) is 22.8 Å². The Hall–Kier alpha value is -1.10. The molecule has 1 amide bonds. The number of likely N-dealkylation sites (tertiary alicyclic amines) is 1. The van der Waals surface area contributed by atoms with Gasteiger partial charge in [0.05, 0.1) is 0 Å². The first-order valence-electron chi connectivity index (χ1n) is 5.84. The number of carbonyl (C=O) groups is 1. The zero-order valence-electron chi connectivity index (χ0n) is 9.82. The Labute approximate surface area is 110 Å². The molecule has 0 aromatic carbocycles. The van der Waals surface area contributed by atoms with Crippen LogP contribution in [0, 0.1) is 0 Å². The van der Waals surface area contributed by atoms with Crippen molar-refractivity contribution in [2.45, 2.75) is 25.8 Å². The van der Waals surface area contributed by atoms with E-state index in [4.69, 9.17) is 0 Å². The number of hydrogen-bond donors (Lipinski definition) is 1. The van der Waals surface area contributed by atoms with Crippen LogP contribution in [-0.4, -0.2) is 34.9 Å². The number of nitrogens with one attached hydrogen (secondary N) is 1. The first-order chi connectivity index (χ1) is 8.16. The zero-order chi connectivity index (χ0) is 12.3. The van der Waals surface area contributed by atoms with E-state index >= 15 is 0 Å². The first-order valence-corrected chi connectivity index (χ1v) is 6.63. The Balaban J connectivity index is 1.93. The van der Waals surface area contributed by atoms with Crippen molar-refractivity contribution in [1.82, 2.24) is 9.88 Å². The highest BCUT2D eigenvalue weighted by Crippen LogP contribution is 2.13. The summed E-state index contributed by atoms with van der Waals surface area (Å²) in [5, 5.41) is 3.12. The van der Waals surface area contributed by atoms with Crippen LogP contribution in [0.25, 0.3) is 0 Å². The van der Waals surface area contributed by atoms with Crippen LogP contribution in [0.5, 0.6) is 0 Å². The number of pyridine rings is 1. The Bertz CT molecular complexity index is 387. The van der Waals surface area contributed by atoms with E-state index in [-0.39, 0.29) is 11.9 Å². The van der Waals surface area contributed by atoms with Gasteiger partial charge in [-0.15, -0.1) is 0 Å². The van der Waals surface area contributed by atoms with Crippen molar-refractivity contribution in [3.05, 3.63) is 22.8 Å². The second-order valence-corrected chi connectivity index (χ2v) is 5.18. The molecule has 0 saturated carbocycles. The van der Waals surface area contributed by atoms with Crippen molar-refractivity contribution in [3.8, 4) is 0 Å². The normalized spacial score (nSPS) is 16.9. The quantitative estimate of drug-likeness (QED) is 0.931. The molecule has 0 aliphatic carbocycles. The Morgan fingerprint density at radius 2 is 2.18 bits per heavy atom. The monoisotopic (exact) mass is 297 g/mol. The maximum Gasteiger partial charge on any atom is 0.244 e. The van der Waals surface area contributed by atoms with Gasteiger partial charge in [0, 0.05) is 23.8 Å². The maximum absolute atomic E-state index is 12.0. The van der Waals surface area contributed by atoms with E-state index in [1.807, 2.05) is 24.0 Å². The number of rotatable bonds is 3. The molecule has 1 aromatic heterocycles. The maximum atomic E-state index is 12.0. The Morgan fingerprint density at radius 1 is 1.47 bits per heavy atom. The largest absolute Gasteiger partial charge is 0.359 e. The predicted molar refractivity (Wildman–Crippen MR) is 70.8 cm³/mol. The van der Waals surface area contributed by atoms with Gasteiger partial charge in [0.15, 0.2) is 0 Å². The van der Waals surface area contributed by atoms with Crippen LogP contribution >= 0.6 is 15.9 Å². The molecule has 1 aromatic rings. The zero-order valence-corrected chi connectivity index (χ0v) is 11.4. The molecule has 0 bridgehead atoms. The second kappa shape index (κ2) is 5.49. The Kier molecular flexibility index (Phi) is 3.99. The van der Waals surface area contributed by atoms with Crippen molar-refractivity contribution in [2.75, 3.05) is 18.4 Å². The van der Waals surface area contributed by atoms with E-state index in [2.05, 4.69) is 26.2 Å². The lowest BCUT2D eigenvalue weighted by atomic mass is 10.3. The van der Waals surface area contributed by atoms with E-state index in [1.165, 1.54) is 0 Å². The number of amides is 1. The molecular weight excluding hydrogens is 282 g/mol. The summed E-state index contributed by atoms with van der Waals surface area (Å²) in [5.41, 5.74) is 0. The van der Waals surface area contributed by atoms with E-state index in [0.717, 1.165) is 36.2 Å². The Morgan fingerprint density at radius 3 is 2.76 bits per heavy atom. The summed E-state index contributed by atoms with van der Waals surface area (Å²) in [5.74, 6) is 0.889. The van der Waals surface area contributed by atoms with Crippen LogP contribution in [0.1, 0.15) is 19.8 Å². The van der Waals surface area contributed by atoms with Gasteiger partial charge in [0.25, 0.3) is 0 Å². The average molecular weight is 298 g/mol. The molecule has 1 atom stereocenters. The lowest BCUT2D eigenvalue weighted by Gasteiger charge is -2.21. The molecule has 1 fully saturated rings. The minimum absolute atomic E-state index is 0.159. The number of carbonyl (C=O) groups excluding carboxylic acids is 1. The summed E-state index contributed by atoms with van der Waals surface area (Å²) in [7, 11) is 0. The van der Waals surface area contributed by atoms with E-state index < -0.39 is 0 Å². The van der Waals surface area contributed by atoms with Gasteiger partial charge in [-0.2, -0.15) is 0 Å². The van der Waals surface area contributed by atoms with Gasteiger partial charge in [-0.3, -0.25) is 4.79 Å². The van der Waals surface area contributed by atoms with E-state index in [0.29, 0.717) is 0 Å². The third-order valence-electron chi connectivity index (χ3n) is 2.88. The van der Waals surface area contributed by atoms with Gasteiger partial charge in [-0.05, 0) is 47.8 Å². The highest BCUT2D eigenvalue weighted by molar-refractivity contribution is 9.10. The topological polar surface area (TPSA) is 45.2 Å². The van der Waals surface area contributed by atoms with Crippen molar-refractivity contribution in [1.29, 1.82) is 0 Å². The van der Waals surface area contributed by atoms with Crippen molar-refractivity contribution < 1.29 is 4.79 Å². The SMILES string of the molecule is CC(Nc1ccc(Br)cn1)C(=O)N1CCCC1. The minimum atomic E-state index is -0.221. The number of anilines is 1. The number of halogens is 1. The summed E-state index contributed by atoms with van der Waals surface area (Å²) in [6.07, 6.45) is 3.96. The molecular formula is C12H16BrN3O. The molecule has 92 valence electrons. The van der Waals surface area contributed by atoms with Gasteiger partial charge in [-0.1, -0.05) is 0 Å². The van der Waals surface area contributed by atoms with Crippen LogP contribution in [0.2, 0.25) is 0 Å². The summed E-state index contributed by atoms with van der Waals surface area (Å²) < 4.78 is 0.932. The lowest BCUT2D eigenvalue weighted by Crippen LogP contribution is -2.39. The standard InChI is InChI=1S/C12H16BrN3O/c1-9(12(17)16-6-2-3-7-16)15-11-5-4-10(13)8-14-11/h4-5,8-9H,2-3,6-7H2,1H3,(H,14,15). The number of nitrogens with zero attached hydrogens (tertiary/aromatic N) is 2. The molecule has 2 rings (SSSR count). The van der Waals surface area contributed by atoms with Crippen LogP contribution in [0.3, 0.4) is 0 Å². The fraction of sp³-hybridized carbons (Fsp3) is 0.500. The molecule has 0 radical (unpaired) electrons. The van der Waals surface area contributed by atoms with Crippen molar-refractivity contribution in [3.63, 3.8) is 0 Å². The molecule has 5 heteroatoms. The molecule has 1 aliphatic heterocycles.